The Kier molecular flexibility index (Phi) is 6.84. The summed E-state index contributed by atoms with van der Waals surface area (Å²) in [5, 5.41) is 3.38. The SMILES string of the molecule is CC[C@H]1C[C@@H](C(=O)OCc2ccccc2)n2c1c(Cl)nc(NCc1cc(C)cc(C)c1)c2=O. The minimum atomic E-state index is -0.719. The molecule has 1 N–H and O–H groups in total. The number of halogens is 1. The van der Waals surface area contributed by atoms with Gasteiger partial charge in [-0.15, -0.1) is 0 Å². The Balaban J connectivity index is 1.60. The Morgan fingerprint density at radius 2 is 1.85 bits per heavy atom. The number of anilines is 1. The van der Waals surface area contributed by atoms with Gasteiger partial charge < -0.3 is 10.1 Å². The van der Waals surface area contributed by atoms with Crippen LogP contribution in [0.25, 0.3) is 0 Å². The second-order valence-corrected chi connectivity index (χ2v) is 8.97. The van der Waals surface area contributed by atoms with Gasteiger partial charge in [-0.2, -0.15) is 0 Å². The summed E-state index contributed by atoms with van der Waals surface area (Å²) >= 11 is 6.53. The van der Waals surface area contributed by atoms with Crippen LogP contribution in [0.1, 0.15) is 59.7 Å². The lowest BCUT2D eigenvalue weighted by Crippen LogP contribution is -2.31. The van der Waals surface area contributed by atoms with E-state index in [9.17, 15) is 9.59 Å². The Morgan fingerprint density at radius 3 is 2.52 bits per heavy atom. The second kappa shape index (κ2) is 9.79. The largest absolute Gasteiger partial charge is 0.459 e. The van der Waals surface area contributed by atoms with Gasteiger partial charge in [-0.05, 0) is 37.8 Å². The normalized spacial score (nSPS) is 17.0. The standard InChI is InChI=1S/C26H28ClN3O3/c1-4-20-13-21(26(32)33-15-18-8-6-5-7-9-18)30-22(20)23(27)29-24(25(30)31)28-14-19-11-16(2)10-17(3)12-19/h5-12,20-21H,4,13-15H2,1-3H3,(H,28,29)/t20-,21-/m0/s1. The second-order valence-electron chi connectivity index (χ2n) is 8.61. The summed E-state index contributed by atoms with van der Waals surface area (Å²) in [6.07, 6.45) is 1.22. The fourth-order valence-corrected chi connectivity index (χ4v) is 4.88. The Hall–Kier alpha value is -3.12. The van der Waals surface area contributed by atoms with Crippen molar-refractivity contribution < 1.29 is 9.53 Å². The zero-order valence-electron chi connectivity index (χ0n) is 19.1. The topological polar surface area (TPSA) is 73.2 Å². The van der Waals surface area contributed by atoms with E-state index < -0.39 is 12.0 Å². The summed E-state index contributed by atoms with van der Waals surface area (Å²) in [5.41, 5.74) is 4.50. The number of hydrogen-bond donors (Lipinski definition) is 1. The molecule has 1 aromatic heterocycles. The molecule has 0 spiro atoms. The van der Waals surface area contributed by atoms with Crippen molar-refractivity contribution in [2.75, 3.05) is 5.32 Å². The van der Waals surface area contributed by atoms with Gasteiger partial charge in [0.25, 0.3) is 5.56 Å². The molecular weight excluding hydrogens is 438 g/mol. The summed E-state index contributed by atoms with van der Waals surface area (Å²) in [6, 6.07) is 15.0. The van der Waals surface area contributed by atoms with Gasteiger partial charge in [0.1, 0.15) is 12.6 Å². The lowest BCUT2D eigenvalue weighted by molar-refractivity contribution is -0.149. The molecule has 172 valence electrons. The van der Waals surface area contributed by atoms with Crippen LogP contribution in [0, 0.1) is 13.8 Å². The number of nitrogens with zero attached hydrogens (tertiary/aromatic N) is 2. The van der Waals surface area contributed by atoms with E-state index in [1.165, 1.54) is 4.57 Å². The molecule has 0 fully saturated rings. The molecule has 1 aliphatic rings. The molecule has 0 saturated carbocycles. The van der Waals surface area contributed by atoms with Gasteiger partial charge in [-0.1, -0.05) is 78.2 Å². The molecule has 0 amide bonds. The van der Waals surface area contributed by atoms with Gasteiger partial charge in [0.15, 0.2) is 11.0 Å². The quantitative estimate of drug-likeness (QED) is 0.479. The number of hydrogen-bond acceptors (Lipinski definition) is 5. The smallest absolute Gasteiger partial charge is 0.329 e. The van der Waals surface area contributed by atoms with Crippen LogP contribution in [0.15, 0.2) is 53.3 Å². The van der Waals surface area contributed by atoms with E-state index in [2.05, 4.69) is 28.5 Å². The minimum Gasteiger partial charge on any atom is -0.459 e. The Morgan fingerprint density at radius 1 is 1.15 bits per heavy atom. The van der Waals surface area contributed by atoms with Gasteiger partial charge in [0.2, 0.25) is 0 Å². The minimum absolute atomic E-state index is 0.0274. The van der Waals surface area contributed by atoms with Gasteiger partial charge in [0, 0.05) is 12.5 Å². The first-order valence-corrected chi connectivity index (χ1v) is 11.6. The van der Waals surface area contributed by atoms with E-state index in [1.807, 2.05) is 51.1 Å². The first kappa shape index (κ1) is 23.1. The number of nitrogens with one attached hydrogen (secondary N) is 1. The maximum Gasteiger partial charge on any atom is 0.329 e. The van der Waals surface area contributed by atoms with E-state index >= 15 is 0 Å². The van der Waals surface area contributed by atoms with Crippen LogP contribution in [0.4, 0.5) is 5.82 Å². The molecule has 3 aromatic rings. The van der Waals surface area contributed by atoms with Gasteiger partial charge in [0.05, 0.1) is 5.69 Å². The number of aryl methyl sites for hydroxylation is 2. The highest BCUT2D eigenvalue weighted by molar-refractivity contribution is 6.30. The lowest BCUT2D eigenvalue weighted by atomic mass is 9.99. The predicted octanol–water partition coefficient (Wildman–Crippen LogP) is 5.31. The molecule has 2 aromatic carbocycles. The van der Waals surface area contributed by atoms with Gasteiger partial charge in [-0.3, -0.25) is 9.36 Å². The maximum atomic E-state index is 13.4. The van der Waals surface area contributed by atoms with Crippen molar-refractivity contribution in [1.82, 2.24) is 9.55 Å². The van der Waals surface area contributed by atoms with Crippen molar-refractivity contribution in [3.63, 3.8) is 0 Å². The third-order valence-electron chi connectivity index (χ3n) is 6.04. The highest BCUT2D eigenvalue weighted by Crippen LogP contribution is 2.40. The first-order chi connectivity index (χ1) is 15.9. The van der Waals surface area contributed by atoms with E-state index in [-0.39, 0.29) is 29.1 Å². The van der Waals surface area contributed by atoms with E-state index in [0.717, 1.165) is 28.7 Å². The zero-order chi connectivity index (χ0) is 23.5. The number of fused-ring (bicyclic) bond motifs is 1. The van der Waals surface area contributed by atoms with Crippen LogP contribution in [0.2, 0.25) is 5.15 Å². The Labute approximate surface area is 198 Å². The van der Waals surface area contributed by atoms with Crippen LogP contribution in [0.5, 0.6) is 0 Å². The monoisotopic (exact) mass is 465 g/mol. The summed E-state index contributed by atoms with van der Waals surface area (Å²) in [5.74, 6) is -0.318. The van der Waals surface area contributed by atoms with Gasteiger partial charge in [-0.25, -0.2) is 9.78 Å². The van der Waals surface area contributed by atoms with Crippen molar-refractivity contribution >= 4 is 23.4 Å². The van der Waals surface area contributed by atoms with Crippen molar-refractivity contribution in [3.8, 4) is 0 Å². The molecule has 0 aliphatic carbocycles. The van der Waals surface area contributed by atoms with Crippen molar-refractivity contribution in [1.29, 1.82) is 0 Å². The molecule has 6 nitrogen and oxygen atoms in total. The number of ether oxygens (including phenoxy) is 1. The number of benzene rings is 2. The van der Waals surface area contributed by atoms with Crippen LogP contribution < -0.4 is 10.9 Å². The van der Waals surface area contributed by atoms with E-state index in [4.69, 9.17) is 16.3 Å². The molecule has 0 unspecified atom stereocenters. The van der Waals surface area contributed by atoms with Gasteiger partial charge >= 0.3 is 5.97 Å². The fourth-order valence-electron chi connectivity index (χ4n) is 4.55. The maximum absolute atomic E-state index is 13.4. The Bertz CT molecular complexity index is 1200. The van der Waals surface area contributed by atoms with E-state index in [0.29, 0.717) is 18.7 Å². The molecular formula is C26H28ClN3O3. The molecule has 0 saturated heterocycles. The highest BCUT2D eigenvalue weighted by Gasteiger charge is 2.39. The highest BCUT2D eigenvalue weighted by atomic mass is 35.5. The van der Waals surface area contributed by atoms with Crippen molar-refractivity contribution in [3.05, 3.63) is 92.0 Å². The van der Waals surface area contributed by atoms with E-state index in [1.54, 1.807) is 0 Å². The zero-order valence-corrected chi connectivity index (χ0v) is 19.9. The number of carbonyl (C=O) groups excluding carboxylic acids is 1. The summed E-state index contributed by atoms with van der Waals surface area (Å²) in [6.45, 7) is 6.67. The molecule has 4 rings (SSSR count). The average molecular weight is 466 g/mol. The van der Waals surface area contributed by atoms with Crippen molar-refractivity contribution in [2.45, 2.75) is 58.7 Å². The third kappa shape index (κ3) is 4.96. The molecule has 2 heterocycles. The molecule has 0 bridgehead atoms. The van der Waals surface area contributed by atoms with Crippen LogP contribution in [-0.4, -0.2) is 15.5 Å². The van der Waals surface area contributed by atoms with Crippen LogP contribution >= 0.6 is 11.6 Å². The number of carbonyl (C=O) groups is 1. The molecule has 2 atom stereocenters. The molecule has 1 aliphatic heterocycles. The first-order valence-electron chi connectivity index (χ1n) is 11.2. The average Bonchev–Trinajstić information content (AvgIpc) is 3.20. The third-order valence-corrected chi connectivity index (χ3v) is 6.32. The van der Waals surface area contributed by atoms with Crippen LogP contribution in [-0.2, 0) is 22.7 Å². The molecule has 33 heavy (non-hydrogen) atoms. The summed E-state index contributed by atoms with van der Waals surface area (Å²) in [7, 11) is 0. The predicted molar refractivity (Wildman–Crippen MR) is 130 cm³/mol. The summed E-state index contributed by atoms with van der Waals surface area (Å²) in [4.78, 5) is 30.8. The summed E-state index contributed by atoms with van der Waals surface area (Å²) < 4.78 is 7.06. The molecule has 7 heteroatoms. The number of aromatic nitrogens is 2. The van der Waals surface area contributed by atoms with Crippen molar-refractivity contribution in [2.24, 2.45) is 0 Å². The number of esters is 1. The fraction of sp³-hybridized carbons (Fsp3) is 0.346. The molecule has 0 radical (unpaired) electrons. The number of rotatable bonds is 7. The van der Waals surface area contributed by atoms with Crippen LogP contribution in [0.3, 0.4) is 0 Å². The lowest BCUT2D eigenvalue weighted by Gasteiger charge is -2.16.